The van der Waals surface area contributed by atoms with E-state index in [0.29, 0.717) is 11.8 Å². The fourth-order valence-corrected chi connectivity index (χ4v) is 1.96. The summed E-state index contributed by atoms with van der Waals surface area (Å²) in [4.78, 5) is 11.4. The van der Waals surface area contributed by atoms with Crippen LogP contribution in [0.1, 0.15) is 38.3 Å². The van der Waals surface area contributed by atoms with Crippen LogP contribution in [0.3, 0.4) is 0 Å². The second kappa shape index (κ2) is 9.84. The lowest BCUT2D eigenvalue weighted by molar-refractivity contribution is -0.122. The zero-order valence-corrected chi connectivity index (χ0v) is 12.8. The van der Waals surface area contributed by atoms with Gasteiger partial charge in [0.05, 0.1) is 6.54 Å². The number of rotatable bonds is 9. The van der Waals surface area contributed by atoms with Crippen LogP contribution in [0.5, 0.6) is 5.75 Å². The molecular formula is C17H24N2O2. The summed E-state index contributed by atoms with van der Waals surface area (Å²) in [5.41, 5.74) is 1.23. The predicted molar refractivity (Wildman–Crippen MR) is 85.1 cm³/mol. The normalized spacial score (nSPS) is 11.5. The van der Waals surface area contributed by atoms with Gasteiger partial charge in [0.2, 0.25) is 0 Å². The molecule has 0 bridgehead atoms. The van der Waals surface area contributed by atoms with Crippen molar-refractivity contribution in [2.24, 2.45) is 0 Å². The SMILES string of the molecule is C#CCNC(=O)COc1ccc(C(CC)NCCC)cc1. The molecule has 2 N–H and O–H groups in total. The molecule has 1 amide bonds. The quantitative estimate of drug-likeness (QED) is 0.685. The first-order chi connectivity index (χ1) is 10.2. The van der Waals surface area contributed by atoms with Gasteiger partial charge >= 0.3 is 0 Å². The van der Waals surface area contributed by atoms with E-state index < -0.39 is 0 Å². The Bertz CT molecular complexity index is 463. The Morgan fingerprint density at radius 3 is 2.62 bits per heavy atom. The minimum atomic E-state index is -0.215. The van der Waals surface area contributed by atoms with Gasteiger partial charge in [-0.3, -0.25) is 4.79 Å². The van der Waals surface area contributed by atoms with Gasteiger partial charge in [-0.2, -0.15) is 0 Å². The van der Waals surface area contributed by atoms with Crippen molar-refractivity contribution in [1.82, 2.24) is 10.6 Å². The van der Waals surface area contributed by atoms with Crippen LogP contribution >= 0.6 is 0 Å². The highest BCUT2D eigenvalue weighted by molar-refractivity contribution is 5.77. The van der Waals surface area contributed by atoms with Gasteiger partial charge in [0.15, 0.2) is 6.61 Å². The Morgan fingerprint density at radius 1 is 1.33 bits per heavy atom. The third-order valence-corrected chi connectivity index (χ3v) is 3.09. The van der Waals surface area contributed by atoms with Gasteiger partial charge in [0.1, 0.15) is 5.75 Å². The molecule has 1 unspecified atom stereocenters. The van der Waals surface area contributed by atoms with Crippen LogP contribution in [-0.2, 0) is 4.79 Å². The number of carbonyl (C=O) groups is 1. The van der Waals surface area contributed by atoms with Crippen LogP contribution in [0.4, 0.5) is 0 Å². The largest absolute Gasteiger partial charge is 0.484 e. The van der Waals surface area contributed by atoms with Crippen molar-refractivity contribution < 1.29 is 9.53 Å². The molecule has 1 rings (SSSR count). The Labute approximate surface area is 127 Å². The van der Waals surface area contributed by atoms with Gasteiger partial charge in [0.25, 0.3) is 5.91 Å². The lowest BCUT2D eigenvalue weighted by Gasteiger charge is -2.17. The first-order valence-electron chi connectivity index (χ1n) is 7.37. The molecule has 114 valence electrons. The maximum Gasteiger partial charge on any atom is 0.258 e. The molecule has 0 spiro atoms. The molecule has 0 aliphatic rings. The average molecular weight is 288 g/mol. The molecule has 4 nitrogen and oxygen atoms in total. The van der Waals surface area contributed by atoms with Gasteiger partial charge in [-0.05, 0) is 37.1 Å². The van der Waals surface area contributed by atoms with Gasteiger partial charge in [-0.15, -0.1) is 6.42 Å². The average Bonchev–Trinajstić information content (AvgIpc) is 2.52. The highest BCUT2D eigenvalue weighted by Gasteiger charge is 2.08. The summed E-state index contributed by atoms with van der Waals surface area (Å²) >= 11 is 0. The third kappa shape index (κ3) is 6.33. The Hall–Kier alpha value is -1.99. The molecule has 1 atom stereocenters. The number of hydrogen-bond donors (Lipinski definition) is 2. The van der Waals surface area contributed by atoms with E-state index in [-0.39, 0.29) is 19.1 Å². The van der Waals surface area contributed by atoms with Crippen LogP contribution in [0, 0.1) is 12.3 Å². The van der Waals surface area contributed by atoms with Crippen molar-refractivity contribution >= 4 is 5.91 Å². The molecule has 0 aliphatic heterocycles. The lowest BCUT2D eigenvalue weighted by Crippen LogP contribution is -2.29. The number of nitrogens with one attached hydrogen (secondary N) is 2. The molecule has 1 aromatic rings. The molecule has 0 fully saturated rings. The Morgan fingerprint density at radius 2 is 2.05 bits per heavy atom. The zero-order chi connectivity index (χ0) is 15.5. The highest BCUT2D eigenvalue weighted by Crippen LogP contribution is 2.20. The van der Waals surface area contributed by atoms with E-state index in [1.54, 1.807) is 0 Å². The molecule has 4 heteroatoms. The van der Waals surface area contributed by atoms with Crippen molar-refractivity contribution in [2.45, 2.75) is 32.7 Å². The lowest BCUT2D eigenvalue weighted by atomic mass is 10.0. The third-order valence-electron chi connectivity index (χ3n) is 3.09. The van der Waals surface area contributed by atoms with Gasteiger partial charge in [0, 0.05) is 6.04 Å². The molecule has 0 aromatic heterocycles. The van der Waals surface area contributed by atoms with Gasteiger partial charge in [-0.1, -0.05) is 31.9 Å². The summed E-state index contributed by atoms with van der Waals surface area (Å²) in [6.07, 6.45) is 7.22. The molecule has 0 radical (unpaired) electrons. The molecule has 0 heterocycles. The predicted octanol–water partition coefficient (Wildman–Crippen LogP) is 2.27. The van der Waals surface area contributed by atoms with Crippen molar-refractivity contribution in [1.29, 1.82) is 0 Å². The summed E-state index contributed by atoms with van der Waals surface area (Å²) in [5, 5.41) is 6.06. The van der Waals surface area contributed by atoms with Crippen molar-refractivity contribution in [2.75, 3.05) is 19.7 Å². The molecule has 0 saturated carbocycles. The first kappa shape index (κ1) is 17.1. The van der Waals surface area contributed by atoms with Gasteiger partial charge < -0.3 is 15.4 Å². The van der Waals surface area contributed by atoms with Crippen LogP contribution in [-0.4, -0.2) is 25.6 Å². The molecule has 1 aromatic carbocycles. The maximum absolute atomic E-state index is 11.4. The van der Waals surface area contributed by atoms with E-state index >= 15 is 0 Å². The van der Waals surface area contributed by atoms with Crippen LogP contribution in [0.15, 0.2) is 24.3 Å². The zero-order valence-electron chi connectivity index (χ0n) is 12.8. The number of terminal acetylenes is 1. The number of benzene rings is 1. The maximum atomic E-state index is 11.4. The van der Waals surface area contributed by atoms with E-state index in [2.05, 4.69) is 30.4 Å². The summed E-state index contributed by atoms with van der Waals surface area (Å²) in [7, 11) is 0. The summed E-state index contributed by atoms with van der Waals surface area (Å²) in [6, 6.07) is 8.20. The second-order valence-corrected chi connectivity index (χ2v) is 4.75. The Balaban J connectivity index is 2.49. The number of carbonyl (C=O) groups excluding carboxylic acids is 1. The second-order valence-electron chi connectivity index (χ2n) is 4.75. The van der Waals surface area contributed by atoms with Crippen LogP contribution in [0.2, 0.25) is 0 Å². The molecule has 21 heavy (non-hydrogen) atoms. The van der Waals surface area contributed by atoms with Crippen molar-refractivity contribution in [3.05, 3.63) is 29.8 Å². The van der Waals surface area contributed by atoms with Crippen molar-refractivity contribution in [3.63, 3.8) is 0 Å². The number of hydrogen-bond acceptors (Lipinski definition) is 3. The molecule has 0 aliphatic carbocycles. The van der Waals surface area contributed by atoms with E-state index in [1.165, 1.54) is 5.56 Å². The van der Waals surface area contributed by atoms with Crippen molar-refractivity contribution in [3.8, 4) is 18.1 Å². The standard InChI is InChI=1S/C17H24N2O2/c1-4-11-18-16(6-3)14-7-9-15(10-8-14)21-13-17(20)19-12-5-2/h2,7-10,16,18H,4,6,11-13H2,1,3H3,(H,19,20). The van der Waals surface area contributed by atoms with Gasteiger partial charge in [-0.25, -0.2) is 0 Å². The highest BCUT2D eigenvalue weighted by atomic mass is 16.5. The first-order valence-corrected chi connectivity index (χ1v) is 7.37. The summed E-state index contributed by atoms with van der Waals surface area (Å²) < 4.78 is 5.41. The van der Waals surface area contributed by atoms with Crippen LogP contribution < -0.4 is 15.4 Å². The number of ether oxygens (including phenoxy) is 1. The van der Waals surface area contributed by atoms with Crippen LogP contribution in [0.25, 0.3) is 0 Å². The summed E-state index contributed by atoms with van der Waals surface area (Å²) in [5.74, 6) is 2.81. The smallest absolute Gasteiger partial charge is 0.258 e. The topological polar surface area (TPSA) is 50.4 Å². The monoisotopic (exact) mass is 288 g/mol. The molecular weight excluding hydrogens is 264 g/mol. The van der Waals surface area contributed by atoms with E-state index in [4.69, 9.17) is 11.2 Å². The fraction of sp³-hybridized carbons (Fsp3) is 0.471. The minimum Gasteiger partial charge on any atom is -0.484 e. The van der Waals surface area contributed by atoms with E-state index in [9.17, 15) is 4.79 Å². The summed E-state index contributed by atoms with van der Waals surface area (Å²) in [6.45, 7) is 5.52. The Kier molecular flexibility index (Phi) is 8.00. The minimum absolute atomic E-state index is 0.0215. The number of amides is 1. The van der Waals surface area contributed by atoms with E-state index in [1.807, 2.05) is 24.3 Å². The fourth-order valence-electron chi connectivity index (χ4n) is 1.96. The molecule has 0 saturated heterocycles. The van der Waals surface area contributed by atoms with E-state index in [0.717, 1.165) is 19.4 Å².